The molecule has 0 bridgehead atoms. The van der Waals surface area contributed by atoms with Crippen LogP contribution in [0.15, 0.2) is 52.4 Å². The van der Waals surface area contributed by atoms with Gasteiger partial charge in [-0.2, -0.15) is 0 Å². The normalized spacial score (nSPS) is 14.7. The minimum absolute atomic E-state index is 0. The first-order chi connectivity index (χ1) is 14.9. The van der Waals surface area contributed by atoms with Gasteiger partial charge in [0.2, 0.25) is 10.0 Å². The first kappa shape index (κ1) is 26.4. The van der Waals surface area contributed by atoms with E-state index < -0.39 is 10.0 Å². The van der Waals surface area contributed by atoms with Crippen molar-refractivity contribution in [1.29, 1.82) is 0 Å². The van der Waals surface area contributed by atoms with Crippen LogP contribution in [0, 0.1) is 6.92 Å². The summed E-state index contributed by atoms with van der Waals surface area (Å²) in [5.41, 5.74) is 3.24. The van der Waals surface area contributed by atoms with E-state index >= 15 is 0 Å². The van der Waals surface area contributed by atoms with Gasteiger partial charge in [-0.05, 0) is 69.0 Å². The predicted molar refractivity (Wildman–Crippen MR) is 139 cm³/mol. The summed E-state index contributed by atoms with van der Waals surface area (Å²) in [7, 11) is -0.298. The Balaban J connectivity index is 0.00000363. The molecule has 0 aromatic heterocycles. The molecule has 0 heterocycles. The Hall–Kier alpha value is -1.85. The van der Waals surface area contributed by atoms with Crippen LogP contribution in [0.25, 0.3) is 0 Å². The average molecular weight is 573 g/mol. The van der Waals surface area contributed by atoms with Crippen molar-refractivity contribution in [1.82, 2.24) is 15.4 Å². The van der Waals surface area contributed by atoms with Crippen molar-refractivity contribution in [2.75, 3.05) is 14.1 Å². The Morgan fingerprint density at radius 1 is 1.06 bits per heavy atom. The van der Waals surface area contributed by atoms with E-state index in [1.54, 1.807) is 31.3 Å². The first-order valence-corrected chi connectivity index (χ1v) is 12.1. The lowest BCUT2D eigenvalue weighted by Gasteiger charge is -2.18. The molecule has 3 rings (SSSR count). The van der Waals surface area contributed by atoms with Crippen molar-refractivity contribution in [3.63, 3.8) is 0 Å². The first-order valence-electron chi connectivity index (χ1n) is 10.6. The fraction of sp³-hybridized carbons (Fsp3) is 0.435. The lowest BCUT2D eigenvalue weighted by molar-refractivity contribution is 0.207. The molecule has 2 aromatic rings. The number of benzene rings is 2. The van der Waals surface area contributed by atoms with Crippen LogP contribution in [-0.2, 0) is 23.1 Å². The fourth-order valence-electron chi connectivity index (χ4n) is 3.59. The number of aliphatic imine (C=N–C) groups is 1. The second kappa shape index (κ2) is 12.4. The summed E-state index contributed by atoms with van der Waals surface area (Å²) in [4.78, 5) is 4.53. The highest BCUT2D eigenvalue weighted by Gasteiger charge is 2.18. The molecule has 9 heteroatoms. The summed E-state index contributed by atoms with van der Waals surface area (Å²) < 4.78 is 32.3. The van der Waals surface area contributed by atoms with Crippen molar-refractivity contribution in [2.45, 2.75) is 56.7 Å². The van der Waals surface area contributed by atoms with Gasteiger partial charge >= 0.3 is 0 Å². The fourth-order valence-corrected chi connectivity index (χ4v) is 4.32. The van der Waals surface area contributed by atoms with Gasteiger partial charge < -0.3 is 15.4 Å². The molecule has 32 heavy (non-hydrogen) atoms. The number of nitrogens with zero attached hydrogens (tertiary/aromatic N) is 1. The molecule has 176 valence electrons. The minimum Gasteiger partial charge on any atom is -0.490 e. The van der Waals surface area contributed by atoms with Gasteiger partial charge in [-0.25, -0.2) is 13.1 Å². The summed E-state index contributed by atoms with van der Waals surface area (Å²) in [5.74, 6) is 1.61. The van der Waals surface area contributed by atoms with E-state index in [4.69, 9.17) is 4.74 Å². The third-order valence-electron chi connectivity index (χ3n) is 5.45. The number of hydrogen-bond acceptors (Lipinski definition) is 4. The van der Waals surface area contributed by atoms with E-state index in [0.29, 0.717) is 25.2 Å². The third kappa shape index (κ3) is 7.35. The van der Waals surface area contributed by atoms with Crippen LogP contribution in [-0.4, -0.2) is 34.6 Å². The van der Waals surface area contributed by atoms with E-state index in [1.165, 1.54) is 25.5 Å². The van der Waals surface area contributed by atoms with Gasteiger partial charge in [0.05, 0.1) is 11.0 Å². The van der Waals surface area contributed by atoms with Gasteiger partial charge in [0.1, 0.15) is 5.75 Å². The lowest BCUT2D eigenvalue weighted by atomic mass is 10.1. The zero-order chi connectivity index (χ0) is 22.3. The van der Waals surface area contributed by atoms with Crippen LogP contribution in [0.3, 0.4) is 0 Å². The summed E-state index contributed by atoms with van der Waals surface area (Å²) in [6.07, 6.45) is 5.04. The number of ether oxygens (including phenoxy) is 1. The molecule has 0 spiro atoms. The molecule has 1 saturated carbocycles. The number of hydrogen-bond donors (Lipinski definition) is 3. The molecular formula is C23H33IN4O3S. The van der Waals surface area contributed by atoms with Crippen molar-refractivity contribution in [3.05, 3.63) is 59.2 Å². The largest absolute Gasteiger partial charge is 0.490 e. The molecule has 7 nitrogen and oxygen atoms in total. The zero-order valence-electron chi connectivity index (χ0n) is 18.8. The molecule has 3 N–H and O–H groups in total. The second-order valence-electron chi connectivity index (χ2n) is 7.77. The average Bonchev–Trinajstić information content (AvgIpc) is 3.28. The molecule has 0 aliphatic heterocycles. The molecule has 1 aliphatic rings. The van der Waals surface area contributed by atoms with Gasteiger partial charge in [-0.15, -0.1) is 24.0 Å². The van der Waals surface area contributed by atoms with Gasteiger partial charge in [0, 0.05) is 25.7 Å². The van der Waals surface area contributed by atoms with E-state index in [1.807, 2.05) is 0 Å². The SMILES string of the molecule is CN=C(NCc1ccc(S(=O)(=O)NC)cc1)NCc1ccc(C)cc1OC1CCCC1.I. The molecule has 0 atom stereocenters. The summed E-state index contributed by atoms with van der Waals surface area (Å²) >= 11 is 0. The summed E-state index contributed by atoms with van der Waals surface area (Å²) in [5, 5.41) is 6.60. The Morgan fingerprint density at radius 3 is 2.34 bits per heavy atom. The van der Waals surface area contributed by atoms with Crippen LogP contribution in [0.1, 0.15) is 42.4 Å². The highest BCUT2D eigenvalue weighted by atomic mass is 127. The molecule has 2 aromatic carbocycles. The third-order valence-corrected chi connectivity index (χ3v) is 6.88. The number of sulfonamides is 1. The van der Waals surface area contributed by atoms with E-state index in [2.05, 4.69) is 45.5 Å². The van der Waals surface area contributed by atoms with Crippen LogP contribution >= 0.6 is 24.0 Å². The Bertz CT molecular complexity index is 1000. The maximum absolute atomic E-state index is 11.8. The molecule has 1 aliphatic carbocycles. The number of guanidine groups is 1. The van der Waals surface area contributed by atoms with Crippen molar-refractivity contribution < 1.29 is 13.2 Å². The summed E-state index contributed by atoms with van der Waals surface area (Å²) in [6, 6.07) is 13.1. The van der Waals surface area contributed by atoms with Gasteiger partial charge in [-0.3, -0.25) is 4.99 Å². The number of rotatable bonds is 8. The minimum atomic E-state index is -3.42. The Labute approximate surface area is 208 Å². The molecule has 1 fully saturated rings. The monoisotopic (exact) mass is 572 g/mol. The number of halogens is 1. The molecule has 0 unspecified atom stereocenters. The van der Waals surface area contributed by atoms with Crippen LogP contribution in [0.4, 0.5) is 0 Å². The van der Waals surface area contributed by atoms with Crippen LogP contribution in [0.2, 0.25) is 0 Å². The van der Waals surface area contributed by atoms with Crippen molar-refractivity contribution in [3.8, 4) is 5.75 Å². The molecule has 0 radical (unpaired) electrons. The van der Waals surface area contributed by atoms with E-state index in [-0.39, 0.29) is 28.9 Å². The zero-order valence-corrected chi connectivity index (χ0v) is 22.0. The second-order valence-corrected chi connectivity index (χ2v) is 9.65. The summed E-state index contributed by atoms with van der Waals surface area (Å²) in [6.45, 7) is 3.20. The molecular weight excluding hydrogens is 539 g/mol. The van der Waals surface area contributed by atoms with Crippen molar-refractivity contribution in [2.24, 2.45) is 4.99 Å². The highest BCUT2D eigenvalue weighted by Crippen LogP contribution is 2.27. The van der Waals surface area contributed by atoms with Crippen molar-refractivity contribution >= 4 is 40.0 Å². The van der Waals surface area contributed by atoms with Gasteiger partial charge in [0.15, 0.2) is 5.96 Å². The molecule has 0 saturated heterocycles. The van der Waals surface area contributed by atoms with Crippen LogP contribution in [0.5, 0.6) is 5.75 Å². The maximum Gasteiger partial charge on any atom is 0.240 e. The van der Waals surface area contributed by atoms with Gasteiger partial charge in [-0.1, -0.05) is 24.3 Å². The standard InChI is InChI=1S/C23H32N4O3S.HI/c1-17-8-11-19(22(14-17)30-20-6-4-5-7-20)16-27-23(24-2)26-15-18-9-12-21(13-10-18)31(28,29)25-3;/h8-14,20,25H,4-7,15-16H2,1-3H3,(H2,24,26,27);1H. The Morgan fingerprint density at radius 2 is 1.72 bits per heavy atom. The lowest BCUT2D eigenvalue weighted by Crippen LogP contribution is -2.36. The predicted octanol–water partition coefficient (Wildman–Crippen LogP) is 3.71. The quantitative estimate of drug-likeness (QED) is 0.255. The van der Waals surface area contributed by atoms with Crippen LogP contribution < -0.4 is 20.1 Å². The van der Waals surface area contributed by atoms with E-state index in [9.17, 15) is 8.42 Å². The Kier molecular flexibility index (Phi) is 10.2. The number of nitrogens with one attached hydrogen (secondary N) is 3. The smallest absolute Gasteiger partial charge is 0.240 e. The highest BCUT2D eigenvalue weighted by molar-refractivity contribution is 14.0. The topological polar surface area (TPSA) is 91.8 Å². The number of aryl methyl sites for hydroxylation is 1. The maximum atomic E-state index is 11.8. The van der Waals surface area contributed by atoms with E-state index in [0.717, 1.165) is 29.7 Å². The molecule has 0 amide bonds. The van der Waals surface area contributed by atoms with Gasteiger partial charge in [0.25, 0.3) is 0 Å².